The summed E-state index contributed by atoms with van der Waals surface area (Å²) in [6.45, 7) is 6.27. The fourth-order valence-electron chi connectivity index (χ4n) is 2.94. The minimum Gasteiger partial charge on any atom is -0.354 e. The molecule has 1 N–H and O–H groups in total. The number of carbonyl (C=O) groups is 2. The van der Waals surface area contributed by atoms with E-state index in [9.17, 15) is 19.7 Å². The number of thioether (sulfide) groups is 1. The van der Waals surface area contributed by atoms with Crippen LogP contribution >= 0.6 is 35.0 Å². The number of nitrogens with zero attached hydrogens (tertiary/aromatic N) is 2. The molecule has 0 heterocycles. The Hall–Kier alpha value is -2.29. The van der Waals surface area contributed by atoms with Crippen molar-refractivity contribution in [2.75, 3.05) is 12.3 Å². The van der Waals surface area contributed by atoms with E-state index in [1.165, 1.54) is 28.8 Å². The van der Waals surface area contributed by atoms with Gasteiger partial charge in [0.25, 0.3) is 5.69 Å². The molecule has 0 saturated carbocycles. The van der Waals surface area contributed by atoms with Crippen LogP contribution in [0.1, 0.15) is 31.9 Å². The van der Waals surface area contributed by atoms with Gasteiger partial charge in [-0.05, 0) is 30.5 Å². The van der Waals surface area contributed by atoms with E-state index in [1.54, 1.807) is 37.3 Å². The summed E-state index contributed by atoms with van der Waals surface area (Å²) in [6.07, 6.45) is 0. The number of carbonyl (C=O) groups excluding carboxylic acids is 2. The van der Waals surface area contributed by atoms with Crippen LogP contribution in [0.3, 0.4) is 0 Å². The van der Waals surface area contributed by atoms with Crippen molar-refractivity contribution in [1.82, 2.24) is 10.2 Å². The second kappa shape index (κ2) is 12.8. The SMILES string of the molecule is CC(C)CNC(=O)[C@@H](C)N(Cc1c(Cl)cccc1Cl)C(=O)CSCc1ccc([N+](=O)[O-])cc1. The molecule has 0 unspecified atom stereocenters. The number of benzene rings is 2. The third-order valence-corrected chi connectivity index (χ3v) is 6.58. The molecular weight excluding hydrogens is 485 g/mol. The molecule has 10 heteroatoms. The number of nitro benzene ring substituents is 1. The number of nitrogens with one attached hydrogen (secondary N) is 1. The molecule has 0 bridgehead atoms. The molecule has 178 valence electrons. The van der Waals surface area contributed by atoms with Crippen LogP contribution in [-0.2, 0) is 21.9 Å². The first kappa shape index (κ1) is 27.0. The van der Waals surface area contributed by atoms with Gasteiger partial charge in [0.05, 0.1) is 10.7 Å². The van der Waals surface area contributed by atoms with E-state index in [1.807, 2.05) is 13.8 Å². The largest absolute Gasteiger partial charge is 0.354 e. The second-order valence-electron chi connectivity index (χ2n) is 7.95. The Kier molecular flexibility index (Phi) is 10.5. The molecular formula is C23H27Cl2N3O4S. The normalized spacial score (nSPS) is 11.8. The van der Waals surface area contributed by atoms with Crippen LogP contribution in [0.5, 0.6) is 0 Å². The van der Waals surface area contributed by atoms with Gasteiger partial charge in [-0.25, -0.2) is 0 Å². The molecule has 2 aromatic rings. The Bertz CT molecular complexity index is 966. The summed E-state index contributed by atoms with van der Waals surface area (Å²) in [6, 6.07) is 10.6. The number of hydrogen-bond donors (Lipinski definition) is 1. The Morgan fingerprint density at radius 1 is 1.09 bits per heavy atom. The van der Waals surface area contributed by atoms with Gasteiger partial charge in [-0.2, -0.15) is 0 Å². The highest BCUT2D eigenvalue weighted by molar-refractivity contribution is 7.99. The highest BCUT2D eigenvalue weighted by Gasteiger charge is 2.27. The Morgan fingerprint density at radius 2 is 1.70 bits per heavy atom. The van der Waals surface area contributed by atoms with Gasteiger partial charge < -0.3 is 10.2 Å². The van der Waals surface area contributed by atoms with Crippen LogP contribution in [0.2, 0.25) is 10.0 Å². The van der Waals surface area contributed by atoms with Crippen LogP contribution < -0.4 is 5.32 Å². The van der Waals surface area contributed by atoms with E-state index in [2.05, 4.69) is 5.32 Å². The van der Waals surface area contributed by atoms with Gasteiger partial charge in [-0.3, -0.25) is 19.7 Å². The van der Waals surface area contributed by atoms with Crippen molar-refractivity contribution in [2.24, 2.45) is 5.92 Å². The average Bonchev–Trinajstić information content (AvgIpc) is 2.77. The van der Waals surface area contributed by atoms with E-state index in [4.69, 9.17) is 23.2 Å². The Morgan fingerprint density at radius 3 is 2.24 bits per heavy atom. The van der Waals surface area contributed by atoms with Gasteiger partial charge >= 0.3 is 0 Å². The molecule has 2 rings (SSSR count). The lowest BCUT2D eigenvalue weighted by molar-refractivity contribution is -0.384. The predicted octanol–water partition coefficient (Wildman–Crippen LogP) is 5.32. The van der Waals surface area contributed by atoms with E-state index >= 15 is 0 Å². The van der Waals surface area contributed by atoms with Crippen molar-refractivity contribution >= 4 is 52.5 Å². The summed E-state index contributed by atoms with van der Waals surface area (Å²) in [5, 5.41) is 14.5. The zero-order chi connectivity index (χ0) is 24.5. The zero-order valence-corrected chi connectivity index (χ0v) is 21.0. The van der Waals surface area contributed by atoms with Crippen LogP contribution in [0.15, 0.2) is 42.5 Å². The van der Waals surface area contributed by atoms with Crippen LogP contribution in [-0.4, -0.2) is 40.0 Å². The monoisotopic (exact) mass is 511 g/mol. The molecule has 0 aliphatic rings. The third-order valence-electron chi connectivity index (χ3n) is 4.88. The first-order valence-electron chi connectivity index (χ1n) is 10.4. The van der Waals surface area contributed by atoms with Crippen molar-refractivity contribution in [1.29, 1.82) is 0 Å². The lowest BCUT2D eigenvalue weighted by Crippen LogP contribution is -2.48. The number of nitro groups is 1. The van der Waals surface area contributed by atoms with Gasteiger partial charge in [-0.15, -0.1) is 11.8 Å². The summed E-state index contributed by atoms with van der Waals surface area (Å²) in [5.41, 5.74) is 1.46. The highest BCUT2D eigenvalue weighted by atomic mass is 35.5. The number of halogens is 2. The quantitative estimate of drug-likeness (QED) is 0.325. The number of rotatable bonds is 11. The molecule has 1 atom stereocenters. The van der Waals surface area contributed by atoms with Crippen molar-refractivity contribution < 1.29 is 14.5 Å². The molecule has 0 aliphatic carbocycles. The molecule has 7 nitrogen and oxygen atoms in total. The number of non-ortho nitro benzene ring substituents is 1. The van der Waals surface area contributed by atoms with Gasteiger partial charge in [-0.1, -0.05) is 55.2 Å². The standard InChI is InChI=1S/C23H27Cl2N3O4S/c1-15(2)11-26-23(30)16(3)27(12-19-20(24)5-4-6-21(19)25)22(29)14-33-13-17-7-9-18(10-8-17)28(31)32/h4-10,15-16H,11-14H2,1-3H3,(H,26,30)/t16-/m1/s1. The van der Waals surface area contributed by atoms with Gasteiger partial charge in [0.15, 0.2) is 0 Å². The van der Waals surface area contributed by atoms with E-state index in [-0.39, 0.29) is 35.7 Å². The maximum Gasteiger partial charge on any atom is 0.269 e. The molecule has 0 aliphatic heterocycles. The lowest BCUT2D eigenvalue weighted by Gasteiger charge is -2.29. The Balaban J connectivity index is 2.11. The summed E-state index contributed by atoms with van der Waals surface area (Å²) in [5.74, 6) is 0.422. The third kappa shape index (κ3) is 8.21. The molecule has 2 amide bonds. The Labute approximate surface area is 208 Å². The van der Waals surface area contributed by atoms with Crippen molar-refractivity contribution in [3.8, 4) is 0 Å². The van der Waals surface area contributed by atoms with E-state index in [0.717, 1.165) is 5.56 Å². The van der Waals surface area contributed by atoms with Gasteiger partial charge in [0.1, 0.15) is 6.04 Å². The number of hydrogen-bond acceptors (Lipinski definition) is 5. The van der Waals surface area contributed by atoms with Crippen molar-refractivity contribution in [2.45, 2.75) is 39.1 Å². The molecule has 33 heavy (non-hydrogen) atoms. The minimum atomic E-state index is -0.719. The summed E-state index contributed by atoms with van der Waals surface area (Å²) >= 11 is 14.0. The van der Waals surface area contributed by atoms with Crippen LogP contribution in [0.25, 0.3) is 0 Å². The zero-order valence-electron chi connectivity index (χ0n) is 18.7. The first-order chi connectivity index (χ1) is 15.6. The topological polar surface area (TPSA) is 92.6 Å². The highest BCUT2D eigenvalue weighted by Crippen LogP contribution is 2.27. The molecule has 0 radical (unpaired) electrons. The smallest absolute Gasteiger partial charge is 0.269 e. The van der Waals surface area contributed by atoms with Crippen molar-refractivity contribution in [3.63, 3.8) is 0 Å². The molecule has 0 spiro atoms. The first-order valence-corrected chi connectivity index (χ1v) is 12.3. The average molecular weight is 512 g/mol. The minimum absolute atomic E-state index is 0.0175. The summed E-state index contributed by atoms with van der Waals surface area (Å²) < 4.78 is 0. The summed E-state index contributed by atoms with van der Waals surface area (Å²) in [4.78, 5) is 37.7. The van der Waals surface area contributed by atoms with E-state index < -0.39 is 11.0 Å². The van der Waals surface area contributed by atoms with Crippen LogP contribution in [0, 0.1) is 16.0 Å². The van der Waals surface area contributed by atoms with E-state index in [0.29, 0.717) is 27.9 Å². The van der Waals surface area contributed by atoms with Gasteiger partial charge in [0, 0.05) is 46.6 Å². The predicted molar refractivity (Wildman–Crippen MR) is 134 cm³/mol. The fraction of sp³-hybridized carbons (Fsp3) is 0.391. The number of amides is 2. The van der Waals surface area contributed by atoms with Crippen molar-refractivity contribution in [3.05, 3.63) is 73.8 Å². The fourth-order valence-corrected chi connectivity index (χ4v) is 4.33. The summed E-state index contributed by atoms with van der Waals surface area (Å²) in [7, 11) is 0. The van der Waals surface area contributed by atoms with Crippen LogP contribution in [0.4, 0.5) is 5.69 Å². The molecule has 0 saturated heterocycles. The molecule has 0 fully saturated rings. The maximum atomic E-state index is 13.1. The maximum absolute atomic E-state index is 13.1. The molecule has 2 aromatic carbocycles. The lowest BCUT2D eigenvalue weighted by atomic mass is 10.1. The second-order valence-corrected chi connectivity index (χ2v) is 9.75. The molecule has 0 aromatic heterocycles. The van der Waals surface area contributed by atoms with Gasteiger partial charge in [0.2, 0.25) is 11.8 Å².